The lowest BCUT2D eigenvalue weighted by atomic mass is 10.1. The Balaban J connectivity index is 1.55. The van der Waals surface area contributed by atoms with Crippen LogP contribution in [0.1, 0.15) is 20.7 Å². The first-order valence-electron chi connectivity index (χ1n) is 8.07. The molecule has 2 aromatic carbocycles. The third-order valence-corrected chi connectivity index (χ3v) is 4.54. The van der Waals surface area contributed by atoms with E-state index < -0.39 is 29.5 Å². The largest absolute Gasteiger partial charge is 0.389 e. The van der Waals surface area contributed by atoms with Gasteiger partial charge in [-0.15, -0.1) is 0 Å². The summed E-state index contributed by atoms with van der Waals surface area (Å²) >= 11 is 0. The van der Waals surface area contributed by atoms with Crippen molar-refractivity contribution in [2.24, 2.45) is 0 Å². The monoisotopic (exact) mass is 350 g/mol. The van der Waals surface area contributed by atoms with Crippen molar-refractivity contribution in [2.45, 2.75) is 6.10 Å². The molecule has 2 aliphatic heterocycles. The number of rotatable bonds is 4. The van der Waals surface area contributed by atoms with Gasteiger partial charge < -0.3 is 14.9 Å². The number of para-hydroxylation sites is 2. The predicted molar refractivity (Wildman–Crippen MR) is 92.3 cm³/mol. The molecule has 7 heteroatoms. The van der Waals surface area contributed by atoms with Gasteiger partial charge in [0.2, 0.25) is 0 Å². The van der Waals surface area contributed by atoms with Gasteiger partial charge in [-0.05, 0) is 24.3 Å². The van der Waals surface area contributed by atoms with Gasteiger partial charge >= 0.3 is 0 Å². The zero-order valence-electron chi connectivity index (χ0n) is 13.6. The normalized spacial score (nSPS) is 15.9. The van der Waals surface area contributed by atoms with Crippen LogP contribution in [0.25, 0.3) is 0 Å². The van der Waals surface area contributed by atoms with Crippen molar-refractivity contribution in [2.75, 3.05) is 22.9 Å². The van der Waals surface area contributed by atoms with Gasteiger partial charge in [0.05, 0.1) is 41.7 Å². The third-order valence-electron chi connectivity index (χ3n) is 4.54. The van der Waals surface area contributed by atoms with Crippen LogP contribution in [-0.4, -0.2) is 47.7 Å². The summed E-state index contributed by atoms with van der Waals surface area (Å²) in [6, 6.07) is 13.1. The number of Topliss-reactive ketones (excluding diaryl/α,β-unsaturated/α-hetero) is 2. The summed E-state index contributed by atoms with van der Waals surface area (Å²) in [5.41, 5.74) is 1.46. The lowest BCUT2D eigenvalue weighted by Crippen LogP contribution is -2.44. The maximum absolute atomic E-state index is 12.2. The zero-order valence-corrected chi connectivity index (χ0v) is 13.6. The first kappa shape index (κ1) is 16.2. The van der Waals surface area contributed by atoms with E-state index >= 15 is 0 Å². The molecule has 130 valence electrons. The highest BCUT2D eigenvalue weighted by atomic mass is 16.3. The number of hydrogen-bond donors (Lipinski definition) is 1. The van der Waals surface area contributed by atoms with Gasteiger partial charge in [0.1, 0.15) is 0 Å². The summed E-state index contributed by atoms with van der Waals surface area (Å²) in [6.45, 7) is -0.302. The Kier molecular flexibility index (Phi) is 3.66. The van der Waals surface area contributed by atoms with Crippen molar-refractivity contribution >= 4 is 34.8 Å². The SMILES string of the molecule is O=C1C(=O)N(CC(O)CN2C(=O)C(=O)c3ccccc32)c2ccccc21. The van der Waals surface area contributed by atoms with E-state index in [1.807, 2.05) is 0 Å². The molecular formula is C19H14N2O5. The van der Waals surface area contributed by atoms with Crippen LogP contribution >= 0.6 is 0 Å². The fourth-order valence-corrected chi connectivity index (χ4v) is 3.34. The minimum Gasteiger partial charge on any atom is -0.389 e. The lowest BCUT2D eigenvalue weighted by Gasteiger charge is -2.24. The number of benzene rings is 2. The van der Waals surface area contributed by atoms with Gasteiger partial charge in [-0.2, -0.15) is 0 Å². The van der Waals surface area contributed by atoms with Crippen molar-refractivity contribution in [1.82, 2.24) is 0 Å². The molecule has 7 nitrogen and oxygen atoms in total. The standard InChI is InChI=1S/C19H14N2O5/c22-11(9-20-14-7-3-1-5-12(14)16(23)18(20)25)10-21-15-8-4-2-6-13(15)17(24)19(21)26/h1-8,11,22H,9-10H2. The predicted octanol–water partition coefficient (Wildman–Crippen LogP) is 0.806. The molecule has 0 atom stereocenters. The molecule has 2 aliphatic rings. The summed E-state index contributed by atoms with van der Waals surface area (Å²) < 4.78 is 0. The molecule has 0 unspecified atom stereocenters. The number of anilines is 2. The summed E-state index contributed by atoms with van der Waals surface area (Å²) in [6.07, 6.45) is -1.12. The molecule has 0 spiro atoms. The summed E-state index contributed by atoms with van der Waals surface area (Å²) in [7, 11) is 0. The molecule has 1 N–H and O–H groups in total. The molecule has 2 heterocycles. The molecular weight excluding hydrogens is 336 g/mol. The van der Waals surface area contributed by atoms with Gasteiger partial charge in [-0.25, -0.2) is 0 Å². The maximum Gasteiger partial charge on any atom is 0.299 e. The number of carbonyl (C=O) groups excluding carboxylic acids is 4. The Morgan fingerprint density at radius 2 is 1.08 bits per heavy atom. The number of β-amino-alcohol motifs (C(OH)–C–C–N with tert-alkyl or cyclic N) is 1. The Morgan fingerprint density at radius 3 is 1.50 bits per heavy atom. The van der Waals surface area contributed by atoms with E-state index in [4.69, 9.17) is 0 Å². The molecule has 0 radical (unpaired) electrons. The molecule has 0 saturated carbocycles. The topological polar surface area (TPSA) is 95.0 Å². The molecule has 26 heavy (non-hydrogen) atoms. The minimum absolute atomic E-state index is 0.151. The third kappa shape index (κ3) is 2.33. The van der Waals surface area contributed by atoms with Crippen molar-refractivity contribution in [3.05, 3.63) is 59.7 Å². The number of nitrogens with zero attached hydrogens (tertiary/aromatic N) is 2. The fourth-order valence-electron chi connectivity index (χ4n) is 3.34. The van der Waals surface area contributed by atoms with Gasteiger partial charge in [0, 0.05) is 0 Å². The van der Waals surface area contributed by atoms with E-state index in [1.165, 1.54) is 9.80 Å². The summed E-state index contributed by atoms with van der Waals surface area (Å²) in [5.74, 6) is -2.67. The number of aliphatic hydroxyl groups is 1. The summed E-state index contributed by atoms with van der Waals surface area (Å²) in [4.78, 5) is 50.8. The van der Waals surface area contributed by atoms with Crippen LogP contribution in [0.5, 0.6) is 0 Å². The molecule has 0 saturated heterocycles. The first-order chi connectivity index (χ1) is 12.5. The quantitative estimate of drug-likeness (QED) is 0.823. The van der Waals surface area contributed by atoms with Crippen LogP contribution in [0.3, 0.4) is 0 Å². The van der Waals surface area contributed by atoms with Crippen molar-refractivity contribution in [3.8, 4) is 0 Å². The Labute approximate surface area is 148 Å². The molecule has 0 aromatic heterocycles. The maximum atomic E-state index is 12.2. The first-order valence-corrected chi connectivity index (χ1v) is 8.07. The second-order valence-electron chi connectivity index (χ2n) is 6.18. The number of hydrogen-bond acceptors (Lipinski definition) is 5. The number of carbonyl (C=O) groups is 4. The highest BCUT2D eigenvalue weighted by Gasteiger charge is 2.39. The van der Waals surface area contributed by atoms with E-state index in [2.05, 4.69) is 0 Å². The highest BCUT2D eigenvalue weighted by Crippen LogP contribution is 2.30. The van der Waals surface area contributed by atoms with Gasteiger partial charge in [-0.3, -0.25) is 19.2 Å². The van der Waals surface area contributed by atoms with Crippen molar-refractivity contribution in [3.63, 3.8) is 0 Å². The second kappa shape index (κ2) is 5.89. The molecule has 0 aliphatic carbocycles. The average Bonchev–Trinajstić information content (AvgIpc) is 3.03. The van der Waals surface area contributed by atoms with Crippen LogP contribution < -0.4 is 9.80 Å². The highest BCUT2D eigenvalue weighted by molar-refractivity contribution is 6.53. The van der Waals surface area contributed by atoms with E-state index in [-0.39, 0.29) is 13.1 Å². The average molecular weight is 350 g/mol. The molecule has 0 bridgehead atoms. The molecule has 2 amide bonds. The van der Waals surface area contributed by atoms with Crippen LogP contribution in [0.2, 0.25) is 0 Å². The molecule has 0 fully saturated rings. The van der Waals surface area contributed by atoms with E-state index in [0.717, 1.165) is 0 Å². The van der Waals surface area contributed by atoms with Crippen LogP contribution in [0, 0.1) is 0 Å². The number of ketones is 2. The van der Waals surface area contributed by atoms with E-state index in [9.17, 15) is 24.3 Å². The number of fused-ring (bicyclic) bond motifs is 2. The van der Waals surface area contributed by atoms with E-state index in [1.54, 1.807) is 48.5 Å². The summed E-state index contributed by atoms with van der Waals surface area (Å²) in [5, 5.41) is 10.4. The van der Waals surface area contributed by atoms with Crippen molar-refractivity contribution < 1.29 is 24.3 Å². The van der Waals surface area contributed by atoms with Crippen LogP contribution in [-0.2, 0) is 9.59 Å². The Hall–Kier alpha value is -3.32. The Bertz CT molecular complexity index is 890. The number of amides is 2. The zero-order chi connectivity index (χ0) is 18.4. The van der Waals surface area contributed by atoms with Crippen molar-refractivity contribution in [1.29, 1.82) is 0 Å². The molecule has 2 aromatic rings. The molecule has 4 rings (SSSR count). The van der Waals surface area contributed by atoms with Crippen LogP contribution in [0.4, 0.5) is 11.4 Å². The smallest absolute Gasteiger partial charge is 0.299 e. The van der Waals surface area contributed by atoms with Gasteiger partial charge in [0.25, 0.3) is 23.4 Å². The van der Waals surface area contributed by atoms with Gasteiger partial charge in [0.15, 0.2) is 0 Å². The van der Waals surface area contributed by atoms with Gasteiger partial charge in [-0.1, -0.05) is 24.3 Å². The van der Waals surface area contributed by atoms with E-state index in [0.29, 0.717) is 22.5 Å². The second-order valence-corrected chi connectivity index (χ2v) is 6.18. The van der Waals surface area contributed by atoms with Crippen LogP contribution in [0.15, 0.2) is 48.5 Å². The fraction of sp³-hybridized carbons (Fsp3) is 0.158. The Morgan fingerprint density at radius 1 is 0.692 bits per heavy atom. The lowest BCUT2D eigenvalue weighted by molar-refractivity contribution is -0.114. The minimum atomic E-state index is -1.12. The number of aliphatic hydroxyl groups excluding tert-OH is 1.